The molecule has 2 saturated heterocycles. The summed E-state index contributed by atoms with van der Waals surface area (Å²) in [5.74, 6) is 0.447. The molecule has 2 atom stereocenters. The lowest BCUT2D eigenvalue weighted by Crippen LogP contribution is -2.41. The third kappa shape index (κ3) is 5.86. The number of rotatable bonds is 7. The molecule has 2 fully saturated rings. The average Bonchev–Trinajstić information content (AvgIpc) is 3.34. The normalized spacial score (nSPS) is 22.1. The van der Waals surface area contributed by atoms with Gasteiger partial charge in [-0.05, 0) is 69.1 Å². The summed E-state index contributed by atoms with van der Waals surface area (Å²) in [6.07, 6.45) is 4.59. The zero-order valence-corrected chi connectivity index (χ0v) is 24.4. The number of benzene rings is 2. The van der Waals surface area contributed by atoms with Crippen LogP contribution in [0.4, 0.5) is 11.5 Å². The van der Waals surface area contributed by atoms with Crippen molar-refractivity contribution < 1.29 is 17.7 Å². The molecule has 11 heteroatoms. The van der Waals surface area contributed by atoms with Gasteiger partial charge in [-0.1, -0.05) is 35.9 Å². The highest BCUT2D eigenvalue weighted by Gasteiger charge is 2.31. The number of likely N-dealkylation sites (tertiary alicyclic amines) is 1. The van der Waals surface area contributed by atoms with Gasteiger partial charge in [0.05, 0.1) is 23.0 Å². The Morgan fingerprint density at radius 3 is 2.62 bits per heavy atom. The highest BCUT2D eigenvalue weighted by molar-refractivity contribution is 7.85. The molecule has 4 heterocycles. The van der Waals surface area contributed by atoms with Gasteiger partial charge in [-0.3, -0.25) is 4.55 Å². The molecular weight excluding hydrogens is 550 g/mol. The monoisotopic (exact) mass is 585 g/mol. The SMILES string of the molecule is CN1CCC[C@H]1COc1nc2c(c(N3CCCC(CS(=O)(=O)O)C3)n1)CCN(c1cccc3cccc(Cl)c13)C2. The predicted octanol–water partition coefficient (Wildman–Crippen LogP) is 4.42. The maximum Gasteiger partial charge on any atom is 0.318 e. The van der Waals surface area contributed by atoms with Crippen molar-refractivity contribution >= 4 is 44.0 Å². The van der Waals surface area contributed by atoms with Gasteiger partial charge in [0.2, 0.25) is 0 Å². The zero-order chi connectivity index (χ0) is 27.9. The number of halogens is 1. The Hall–Kier alpha value is -2.66. The summed E-state index contributed by atoms with van der Waals surface area (Å²) >= 11 is 6.66. The van der Waals surface area contributed by atoms with E-state index in [1.54, 1.807) is 0 Å². The standard InChI is InChI=1S/C29H36ClN5O4S/c1-33-13-5-9-22(33)18-39-29-31-25-17-34(26-11-3-8-21-7-2-10-24(30)27(21)26)15-12-23(25)28(32-29)35-14-4-6-20(16-35)19-40(36,37)38/h2-3,7-8,10-11,20,22H,4-6,9,12-19H2,1H3,(H,36,37,38)/t20?,22-/m0/s1. The highest BCUT2D eigenvalue weighted by atomic mass is 35.5. The van der Waals surface area contributed by atoms with E-state index in [4.69, 9.17) is 26.3 Å². The molecule has 0 radical (unpaired) electrons. The summed E-state index contributed by atoms with van der Waals surface area (Å²) in [4.78, 5) is 16.6. The number of fused-ring (bicyclic) bond motifs is 2. The summed E-state index contributed by atoms with van der Waals surface area (Å²) < 4.78 is 39.0. The van der Waals surface area contributed by atoms with Gasteiger partial charge in [0.15, 0.2) is 0 Å². The molecule has 0 bridgehead atoms. The lowest BCUT2D eigenvalue weighted by Gasteiger charge is -2.37. The summed E-state index contributed by atoms with van der Waals surface area (Å²) in [6.45, 7) is 4.27. The van der Waals surface area contributed by atoms with Crippen LogP contribution in [0.3, 0.4) is 0 Å². The fourth-order valence-corrected chi connectivity index (χ4v) is 7.66. The molecule has 3 aliphatic heterocycles. The Bertz CT molecular complexity index is 1500. The van der Waals surface area contributed by atoms with E-state index in [2.05, 4.69) is 46.0 Å². The van der Waals surface area contributed by atoms with Crippen molar-refractivity contribution in [2.24, 2.45) is 5.92 Å². The number of likely N-dealkylation sites (N-methyl/N-ethyl adjacent to an activating group) is 1. The molecule has 2 aromatic carbocycles. The lowest BCUT2D eigenvalue weighted by atomic mass is 9.98. The molecule has 3 aromatic rings. The van der Waals surface area contributed by atoms with Gasteiger partial charge in [0.1, 0.15) is 12.4 Å². The number of ether oxygens (including phenoxy) is 1. The van der Waals surface area contributed by atoms with Crippen LogP contribution in [0.25, 0.3) is 10.8 Å². The first-order valence-electron chi connectivity index (χ1n) is 14.1. The van der Waals surface area contributed by atoms with Crippen molar-refractivity contribution in [3.8, 4) is 6.01 Å². The van der Waals surface area contributed by atoms with Crippen molar-refractivity contribution in [1.29, 1.82) is 0 Å². The average molecular weight is 586 g/mol. The summed E-state index contributed by atoms with van der Waals surface area (Å²) in [6, 6.07) is 12.9. The Kier molecular flexibility index (Phi) is 7.78. The molecule has 9 nitrogen and oxygen atoms in total. The van der Waals surface area contributed by atoms with Crippen LogP contribution in [0.2, 0.25) is 5.02 Å². The number of aromatic nitrogens is 2. The smallest absolute Gasteiger partial charge is 0.318 e. The van der Waals surface area contributed by atoms with Crippen molar-refractivity contribution in [1.82, 2.24) is 14.9 Å². The number of nitrogens with zero attached hydrogens (tertiary/aromatic N) is 5. The number of hydrogen-bond donors (Lipinski definition) is 1. The molecule has 1 N–H and O–H groups in total. The number of anilines is 2. The maximum absolute atomic E-state index is 11.6. The van der Waals surface area contributed by atoms with Crippen LogP contribution in [0, 0.1) is 5.92 Å². The zero-order valence-electron chi connectivity index (χ0n) is 22.8. The van der Waals surface area contributed by atoms with E-state index in [1.807, 2.05) is 12.1 Å². The van der Waals surface area contributed by atoms with E-state index < -0.39 is 10.1 Å². The Labute approximate surface area is 240 Å². The second-order valence-corrected chi connectivity index (χ2v) is 13.2. The minimum absolute atomic E-state index is 0.149. The summed E-state index contributed by atoms with van der Waals surface area (Å²) in [7, 11) is -1.92. The Morgan fingerprint density at radius 1 is 1.05 bits per heavy atom. The largest absolute Gasteiger partial charge is 0.462 e. The number of piperidine rings is 1. The highest BCUT2D eigenvalue weighted by Crippen LogP contribution is 2.37. The first-order chi connectivity index (χ1) is 19.2. The van der Waals surface area contributed by atoms with Crippen molar-refractivity contribution in [3.63, 3.8) is 0 Å². The maximum atomic E-state index is 11.6. The van der Waals surface area contributed by atoms with Gasteiger partial charge in [-0.2, -0.15) is 18.4 Å². The molecule has 0 saturated carbocycles. The van der Waals surface area contributed by atoms with Crippen LogP contribution in [0.15, 0.2) is 36.4 Å². The van der Waals surface area contributed by atoms with Crippen LogP contribution in [-0.2, 0) is 23.1 Å². The molecule has 1 unspecified atom stereocenters. The van der Waals surface area contributed by atoms with Gasteiger partial charge in [-0.15, -0.1) is 0 Å². The quantitative estimate of drug-likeness (QED) is 0.404. The van der Waals surface area contributed by atoms with Gasteiger partial charge in [-0.25, -0.2) is 0 Å². The van der Waals surface area contributed by atoms with E-state index >= 15 is 0 Å². The van der Waals surface area contributed by atoms with Gasteiger partial charge < -0.3 is 19.4 Å². The van der Waals surface area contributed by atoms with Gasteiger partial charge >= 0.3 is 6.01 Å². The summed E-state index contributed by atoms with van der Waals surface area (Å²) in [5.41, 5.74) is 3.09. The Morgan fingerprint density at radius 2 is 1.85 bits per heavy atom. The minimum atomic E-state index is -4.04. The molecular formula is C29H36ClN5O4S. The van der Waals surface area contributed by atoms with Gasteiger partial charge in [0.25, 0.3) is 10.1 Å². The second-order valence-electron chi connectivity index (χ2n) is 11.3. The van der Waals surface area contributed by atoms with Crippen molar-refractivity contribution in [2.45, 2.75) is 44.7 Å². The molecule has 214 valence electrons. The first kappa shape index (κ1) is 27.5. The lowest BCUT2D eigenvalue weighted by molar-refractivity contribution is 0.187. The van der Waals surface area contributed by atoms with Crippen molar-refractivity contribution in [2.75, 3.05) is 55.4 Å². The molecule has 0 aliphatic carbocycles. The van der Waals surface area contributed by atoms with E-state index in [1.165, 1.54) is 0 Å². The molecule has 6 rings (SSSR count). The fraction of sp³-hybridized carbons (Fsp3) is 0.517. The third-order valence-corrected chi connectivity index (χ3v) is 9.74. The van der Waals surface area contributed by atoms with Crippen molar-refractivity contribution in [3.05, 3.63) is 52.7 Å². The molecule has 0 amide bonds. The first-order valence-corrected chi connectivity index (χ1v) is 16.1. The second kappa shape index (κ2) is 11.3. The van der Waals surface area contributed by atoms with Gasteiger partial charge in [0, 0.05) is 42.3 Å². The minimum Gasteiger partial charge on any atom is -0.462 e. The van der Waals surface area contributed by atoms with Crippen LogP contribution >= 0.6 is 11.6 Å². The number of hydrogen-bond acceptors (Lipinski definition) is 8. The van der Waals surface area contributed by atoms with Crippen LogP contribution < -0.4 is 14.5 Å². The molecule has 0 spiro atoms. The fourth-order valence-electron chi connectivity index (χ4n) is 6.51. The predicted molar refractivity (Wildman–Crippen MR) is 158 cm³/mol. The van der Waals surface area contributed by atoms with E-state index in [9.17, 15) is 13.0 Å². The van der Waals surface area contributed by atoms with E-state index in [0.29, 0.717) is 31.7 Å². The summed E-state index contributed by atoms with van der Waals surface area (Å²) in [5, 5.41) is 2.86. The molecule has 1 aromatic heterocycles. The van der Waals surface area contributed by atoms with Crippen LogP contribution in [0.1, 0.15) is 36.9 Å². The van der Waals surface area contributed by atoms with Crippen LogP contribution in [0.5, 0.6) is 6.01 Å². The van der Waals surface area contributed by atoms with Crippen LogP contribution in [-0.4, -0.2) is 79.5 Å². The van der Waals surface area contributed by atoms with E-state index in [0.717, 1.165) is 90.3 Å². The third-order valence-electron chi connectivity index (χ3n) is 8.54. The molecule has 40 heavy (non-hydrogen) atoms. The topological polar surface area (TPSA) is 99.1 Å². The molecule has 3 aliphatic rings. The Balaban J connectivity index is 1.33. The van der Waals surface area contributed by atoms with E-state index in [-0.39, 0.29) is 11.7 Å².